The topological polar surface area (TPSA) is 98.0 Å². The molecule has 2 saturated heterocycles. The Kier molecular flexibility index (Phi) is 10.0. The van der Waals surface area contributed by atoms with Crippen molar-refractivity contribution < 1.29 is 9.59 Å². The van der Waals surface area contributed by atoms with Gasteiger partial charge in [-0.05, 0) is 116 Å². The number of nitrogens with zero attached hydrogens (tertiary/aromatic N) is 4. The van der Waals surface area contributed by atoms with E-state index in [0.29, 0.717) is 17.9 Å². The first-order valence-corrected chi connectivity index (χ1v) is 24.1. The highest BCUT2D eigenvalue weighted by Crippen LogP contribution is 2.49. The van der Waals surface area contributed by atoms with Crippen molar-refractivity contribution in [1.29, 1.82) is 0 Å². The van der Waals surface area contributed by atoms with Crippen LogP contribution in [0.5, 0.6) is 0 Å². The second-order valence-corrected chi connectivity index (χ2v) is 20.4. The molecule has 2 amide bonds. The molecule has 10 rings (SSSR count). The van der Waals surface area contributed by atoms with Crippen molar-refractivity contribution >= 4 is 47.7 Å². The summed E-state index contributed by atoms with van der Waals surface area (Å²) in [6, 6.07) is 32.4. The summed E-state index contributed by atoms with van der Waals surface area (Å²) >= 11 is 0. The van der Waals surface area contributed by atoms with E-state index in [1.807, 2.05) is 18.2 Å². The summed E-state index contributed by atoms with van der Waals surface area (Å²) in [7, 11) is -0.608. The van der Waals surface area contributed by atoms with Gasteiger partial charge in [-0.3, -0.25) is 9.59 Å². The number of imidazole rings is 2. The summed E-state index contributed by atoms with van der Waals surface area (Å²) < 4.78 is 0. The van der Waals surface area contributed by atoms with E-state index in [1.54, 1.807) is 0 Å². The standard InChI is InChI=1S/C50H56N6O2P/c1-30(32-12-6-5-7-13-32)49(57)55-43-16-10-8-14-37(43)28-45(55)47-51-39-24-22-35(26-41(39)53-47)33-18-20-34(21-19-33)36-23-25-40-42(27-36)54-48(52-40)46-29-38-15-9-11-17-44(38)56(46)50(58)31(2)59(3)4/h5-7,12-13,18-27,30-31,37-38,43-46H,3,8-11,14-17,28-29H2,1-2,4H3,(H,51,53)(H,52,54)/q+1. The van der Waals surface area contributed by atoms with E-state index in [2.05, 4.69) is 119 Å². The summed E-state index contributed by atoms with van der Waals surface area (Å²) in [5.74, 6) is 3.15. The van der Waals surface area contributed by atoms with Gasteiger partial charge in [0.05, 0.1) is 60.6 Å². The maximum Gasteiger partial charge on any atom is 0.271 e. The number of aromatic amines is 2. The predicted octanol–water partition coefficient (Wildman–Crippen LogP) is 11.2. The first-order chi connectivity index (χ1) is 28.7. The number of benzene rings is 4. The van der Waals surface area contributed by atoms with E-state index in [4.69, 9.17) is 9.97 Å². The largest absolute Gasteiger partial charge is 0.340 e. The van der Waals surface area contributed by atoms with Crippen molar-refractivity contribution in [1.82, 2.24) is 29.7 Å². The van der Waals surface area contributed by atoms with Crippen LogP contribution in [0.3, 0.4) is 0 Å². The van der Waals surface area contributed by atoms with Crippen molar-refractivity contribution in [2.45, 2.75) is 114 Å². The highest BCUT2D eigenvalue weighted by molar-refractivity contribution is 7.56. The quantitative estimate of drug-likeness (QED) is 0.150. The average molecular weight is 804 g/mol. The molecule has 4 fully saturated rings. The molecule has 59 heavy (non-hydrogen) atoms. The molecule has 6 aromatic rings. The first-order valence-electron chi connectivity index (χ1n) is 22.0. The second kappa shape index (κ2) is 15.5. The maximum absolute atomic E-state index is 14.3. The Bertz CT molecular complexity index is 2540. The molecule has 0 bridgehead atoms. The zero-order valence-electron chi connectivity index (χ0n) is 34.6. The lowest BCUT2D eigenvalue weighted by atomic mass is 9.84. The number of rotatable bonds is 8. The number of fused-ring (bicyclic) bond motifs is 4. The molecule has 4 heterocycles. The molecule has 2 aliphatic heterocycles. The van der Waals surface area contributed by atoms with Crippen molar-refractivity contribution in [3.05, 3.63) is 108 Å². The summed E-state index contributed by atoms with van der Waals surface area (Å²) in [6.45, 7) is 6.22. The van der Waals surface area contributed by atoms with Crippen LogP contribution in [-0.4, -0.2) is 72.3 Å². The zero-order valence-corrected chi connectivity index (χ0v) is 35.5. The van der Waals surface area contributed by atoms with Gasteiger partial charge < -0.3 is 19.8 Å². The number of hydrogen-bond donors (Lipinski definition) is 2. The van der Waals surface area contributed by atoms with Gasteiger partial charge in [-0.25, -0.2) is 9.97 Å². The van der Waals surface area contributed by atoms with Crippen LogP contribution in [0.15, 0.2) is 91.0 Å². The van der Waals surface area contributed by atoms with Crippen LogP contribution < -0.4 is 0 Å². The van der Waals surface area contributed by atoms with Gasteiger partial charge in [0.2, 0.25) is 5.91 Å². The van der Waals surface area contributed by atoms with E-state index in [-0.39, 0.29) is 41.5 Å². The number of H-pyrrole nitrogens is 2. The molecule has 4 aromatic carbocycles. The summed E-state index contributed by atoms with van der Waals surface area (Å²) in [5, 5.41) is 0. The number of aromatic nitrogens is 4. The van der Waals surface area contributed by atoms with Crippen LogP contribution in [0.2, 0.25) is 0 Å². The molecule has 2 aromatic heterocycles. The van der Waals surface area contributed by atoms with Crippen LogP contribution in [0, 0.1) is 11.8 Å². The Morgan fingerprint density at radius 2 is 1.10 bits per heavy atom. The molecule has 9 unspecified atom stereocenters. The smallest absolute Gasteiger partial charge is 0.271 e. The number of likely N-dealkylation sites (tertiary alicyclic amines) is 2. The molecule has 0 radical (unpaired) electrons. The number of amides is 2. The van der Waals surface area contributed by atoms with Gasteiger partial charge in [0.1, 0.15) is 11.6 Å². The lowest BCUT2D eigenvalue weighted by Gasteiger charge is -2.35. The van der Waals surface area contributed by atoms with E-state index in [0.717, 1.165) is 87.2 Å². The van der Waals surface area contributed by atoms with E-state index < -0.39 is 7.55 Å². The normalized spacial score (nSPS) is 25.5. The lowest BCUT2D eigenvalue weighted by molar-refractivity contribution is -0.136. The van der Waals surface area contributed by atoms with E-state index in [1.165, 1.54) is 38.5 Å². The summed E-state index contributed by atoms with van der Waals surface area (Å²) in [5.41, 5.74) is 9.41. The Balaban J connectivity index is 0.889. The number of nitrogens with one attached hydrogen (secondary N) is 2. The van der Waals surface area contributed by atoms with Gasteiger partial charge in [-0.2, -0.15) is 0 Å². The number of carbonyl (C=O) groups excluding carboxylic acids is 2. The second-order valence-electron chi connectivity index (χ2n) is 18.1. The molecule has 9 atom stereocenters. The van der Waals surface area contributed by atoms with Gasteiger partial charge >= 0.3 is 0 Å². The Morgan fingerprint density at radius 1 is 0.644 bits per heavy atom. The molecule has 4 aliphatic rings. The first kappa shape index (κ1) is 38.2. The number of carbonyl (C=O) groups is 2. The minimum absolute atomic E-state index is 0.0152. The lowest BCUT2D eigenvalue weighted by Crippen LogP contribution is -2.44. The third-order valence-corrected chi connectivity index (χ3v) is 16.1. The third-order valence-electron chi connectivity index (χ3n) is 14.6. The molecule has 0 spiro atoms. The summed E-state index contributed by atoms with van der Waals surface area (Å²) in [6.07, 6.45) is 15.6. The van der Waals surface area contributed by atoms with Crippen LogP contribution >= 0.6 is 7.55 Å². The van der Waals surface area contributed by atoms with Crippen LogP contribution in [0.4, 0.5) is 0 Å². The van der Waals surface area contributed by atoms with Gasteiger partial charge in [-0.15, -0.1) is 0 Å². The monoisotopic (exact) mass is 803 g/mol. The minimum Gasteiger partial charge on any atom is -0.340 e. The fraction of sp³-hybridized carbons (Fsp3) is 0.420. The van der Waals surface area contributed by atoms with Gasteiger partial charge in [-0.1, -0.05) is 92.4 Å². The van der Waals surface area contributed by atoms with Gasteiger partial charge in [0.15, 0.2) is 5.66 Å². The SMILES string of the molecule is C=[P+](C)C(C)C(=O)N1C(c2nc3ccc(-c4ccc(-c5ccc6nc(C7CC8CCCCC8N7C(=O)C(C)c7ccccc7)[nH]c6c5)cc4)cc3[nH]2)CC2CCCCC21. The fourth-order valence-electron chi connectivity index (χ4n) is 11.1. The highest BCUT2D eigenvalue weighted by atomic mass is 31.1. The Labute approximate surface area is 348 Å². The zero-order chi connectivity index (χ0) is 40.4. The third kappa shape index (κ3) is 6.91. The van der Waals surface area contributed by atoms with Crippen LogP contribution in [0.1, 0.15) is 113 Å². The summed E-state index contributed by atoms with van der Waals surface area (Å²) in [4.78, 5) is 50.2. The highest BCUT2D eigenvalue weighted by Gasteiger charge is 2.49. The van der Waals surface area contributed by atoms with E-state index in [9.17, 15) is 9.59 Å². The maximum atomic E-state index is 14.3. The minimum atomic E-state index is -0.608. The molecule has 9 heteroatoms. The molecule has 2 saturated carbocycles. The molecular formula is C50H56N6O2P+. The average Bonchev–Trinajstić information content (AvgIpc) is 4.07. The van der Waals surface area contributed by atoms with E-state index >= 15 is 0 Å². The fourth-order valence-corrected chi connectivity index (χ4v) is 11.7. The van der Waals surface area contributed by atoms with Crippen molar-refractivity contribution in [3.63, 3.8) is 0 Å². The molecular weight excluding hydrogens is 748 g/mol. The van der Waals surface area contributed by atoms with Crippen molar-refractivity contribution in [2.75, 3.05) is 6.66 Å². The predicted molar refractivity (Wildman–Crippen MR) is 241 cm³/mol. The molecule has 2 N–H and O–H groups in total. The molecule has 8 nitrogen and oxygen atoms in total. The van der Waals surface area contributed by atoms with Crippen LogP contribution in [-0.2, 0) is 9.59 Å². The Hall–Kier alpha value is -5.07. The number of hydrogen-bond acceptors (Lipinski definition) is 4. The van der Waals surface area contributed by atoms with Gasteiger partial charge in [0.25, 0.3) is 5.91 Å². The van der Waals surface area contributed by atoms with Gasteiger partial charge in [0, 0.05) is 12.1 Å². The van der Waals surface area contributed by atoms with Crippen molar-refractivity contribution in [2.24, 2.45) is 11.8 Å². The van der Waals surface area contributed by atoms with Crippen molar-refractivity contribution in [3.8, 4) is 22.3 Å². The Morgan fingerprint density at radius 3 is 1.59 bits per heavy atom. The molecule has 2 aliphatic carbocycles. The van der Waals surface area contributed by atoms with Crippen LogP contribution in [0.25, 0.3) is 44.3 Å². The molecule has 302 valence electrons.